The Hall–Kier alpha value is -2.07. The van der Waals surface area contributed by atoms with Gasteiger partial charge in [-0.3, -0.25) is 4.79 Å². The lowest BCUT2D eigenvalue weighted by Crippen LogP contribution is -2.13. The first-order valence-electron chi connectivity index (χ1n) is 6.96. The highest BCUT2D eigenvalue weighted by Gasteiger charge is 2.29. The van der Waals surface area contributed by atoms with E-state index in [1.807, 2.05) is 36.4 Å². The molecule has 0 radical (unpaired) electrons. The molecule has 1 saturated carbocycles. The number of hydrogen-bond donors (Lipinski definition) is 2. The fourth-order valence-corrected chi connectivity index (χ4v) is 2.19. The Morgan fingerprint density at radius 2 is 2.05 bits per heavy atom. The van der Waals surface area contributed by atoms with Gasteiger partial charge in [-0.1, -0.05) is 29.8 Å². The van der Waals surface area contributed by atoms with Crippen LogP contribution in [0.3, 0.4) is 0 Å². The predicted molar refractivity (Wildman–Crippen MR) is 84.4 cm³/mol. The first-order chi connectivity index (χ1) is 10.2. The third kappa shape index (κ3) is 3.73. The van der Waals surface area contributed by atoms with Gasteiger partial charge in [0, 0.05) is 17.5 Å². The summed E-state index contributed by atoms with van der Waals surface area (Å²) in [4.78, 5) is 15.9. The first kappa shape index (κ1) is 13.9. The van der Waals surface area contributed by atoms with Gasteiger partial charge in [-0.25, -0.2) is 4.98 Å². The van der Waals surface area contributed by atoms with E-state index in [4.69, 9.17) is 11.6 Å². The summed E-state index contributed by atoms with van der Waals surface area (Å²) in [7, 11) is 0. The Balaban J connectivity index is 1.56. The summed E-state index contributed by atoms with van der Waals surface area (Å²) in [5.41, 5.74) is 1.75. The molecule has 0 bridgehead atoms. The van der Waals surface area contributed by atoms with Crippen LogP contribution >= 0.6 is 11.6 Å². The van der Waals surface area contributed by atoms with Gasteiger partial charge in [0.1, 0.15) is 5.82 Å². The van der Waals surface area contributed by atoms with Crippen molar-refractivity contribution in [2.24, 2.45) is 5.92 Å². The molecule has 0 unspecified atom stereocenters. The molecule has 0 aliphatic heterocycles. The standard InChI is InChI=1S/C16H16ClN3O/c17-14-4-2-1-3-12(14)9-18-15-8-7-13(10-19-15)20-16(21)11-5-6-11/h1-4,7-8,10-11H,5-6,9H2,(H,18,19)(H,20,21). The highest BCUT2D eigenvalue weighted by molar-refractivity contribution is 6.31. The maximum absolute atomic E-state index is 11.6. The number of carbonyl (C=O) groups is 1. The molecule has 1 amide bonds. The first-order valence-corrected chi connectivity index (χ1v) is 7.34. The molecule has 21 heavy (non-hydrogen) atoms. The molecule has 2 aromatic rings. The van der Waals surface area contributed by atoms with Gasteiger partial charge in [-0.05, 0) is 36.6 Å². The van der Waals surface area contributed by atoms with E-state index >= 15 is 0 Å². The van der Waals surface area contributed by atoms with Gasteiger partial charge >= 0.3 is 0 Å². The molecule has 1 aliphatic carbocycles. The fraction of sp³-hybridized carbons (Fsp3) is 0.250. The summed E-state index contributed by atoms with van der Waals surface area (Å²) in [6.07, 6.45) is 3.66. The smallest absolute Gasteiger partial charge is 0.227 e. The van der Waals surface area contributed by atoms with Crippen molar-refractivity contribution in [1.29, 1.82) is 0 Å². The van der Waals surface area contributed by atoms with Crippen LogP contribution in [0, 0.1) is 5.92 Å². The van der Waals surface area contributed by atoms with E-state index < -0.39 is 0 Å². The molecule has 5 heteroatoms. The van der Waals surface area contributed by atoms with E-state index in [1.54, 1.807) is 6.20 Å². The van der Waals surface area contributed by atoms with Gasteiger partial charge in [0.25, 0.3) is 0 Å². The lowest BCUT2D eigenvalue weighted by molar-refractivity contribution is -0.117. The molecule has 1 aliphatic rings. The van der Waals surface area contributed by atoms with Crippen LogP contribution in [0.5, 0.6) is 0 Å². The zero-order valence-corrected chi connectivity index (χ0v) is 12.2. The summed E-state index contributed by atoms with van der Waals surface area (Å²) in [6.45, 7) is 0.612. The van der Waals surface area contributed by atoms with Crippen LogP contribution in [-0.4, -0.2) is 10.9 Å². The minimum absolute atomic E-state index is 0.0913. The van der Waals surface area contributed by atoms with Crippen molar-refractivity contribution >= 4 is 29.0 Å². The second-order valence-electron chi connectivity index (χ2n) is 5.14. The van der Waals surface area contributed by atoms with Gasteiger partial charge in [0.15, 0.2) is 0 Å². The average molecular weight is 302 g/mol. The highest BCUT2D eigenvalue weighted by atomic mass is 35.5. The van der Waals surface area contributed by atoms with E-state index in [-0.39, 0.29) is 11.8 Å². The van der Waals surface area contributed by atoms with Crippen molar-refractivity contribution in [3.05, 3.63) is 53.2 Å². The van der Waals surface area contributed by atoms with Crippen LogP contribution in [0.2, 0.25) is 5.02 Å². The van der Waals surface area contributed by atoms with Gasteiger partial charge in [0.05, 0.1) is 11.9 Å². The summed E-state index contributed by atoms with van der Waals surface area (Å²) in [6, 6.07) is 11.4. The topological polar surface area (TPSA) is 54.0 Å². The number of nitrogens with one attached hydrogen (secondary N) is 2. The number of rotatable bonds is 5. The summed E-state index contributed by atoms with van der Waals surface area (Å²) >= 11 is 6.10. The van der Waals surface area contributed by atoms with E-state index in [0.29, 0.717) is 6.54 Å². The van der Waals surface area contributed by atoms with E-state index in [0.717, 1.165) is 34.9 Å². The predicted octanol–water partition coefficient (Wildman–Crippen LogP) is 3.70. The van der Waals surface area contributed by atoms with Gasteiger partial charge in [-0.15, -0.1) is 0 Å². The average Bonchev–Trinajstić information content (AvgIpc) is 3.33. The van der Waals surface area contributed by atoms with Crippen molar-refractivity contribution in [3.63, 3.8) is 0 Å². The quantitative estimate of drug-likeness (QED) is 0.885. The van der Waals surface area contributed by atoms with Crippen LogP contribution in [0.4, 0.5) is 11.5 Å². The zero-order chi connectivity index (χ0) is 14.7. The molecule has 4 nitrogen and oxygen atoms in total. The molecule has 1 aromatic carbocycles. The zero-order valence-electron chi connectivity index (χ0n) is 11.5. The summed E-state index contributed by atoms with van der Waals surface area (Å²) in [5, 5.41) is 6.81. The van der Waals surface area contributed by atoms with E-state index in [1.165, 1.54) is 0 Å². The third-order valence-electron chi connectivity index (χ3n) is 3.40. The number of pyridine rings is 1. The molecule has 0 saturated heterocycles. The van der Waals surface area contributed by atoms with Crippen molar-refractivity contribution < 1.29 is 4.79 Å². The molecular formula is C16H16ClN3O. The second kappa shape index (κ2) is 6.14. The van der Waals surface area contributed by atoms with Crippen molar-refractivity contribution in [3.8, 4) is 0 Å². The van der Waals surface area contributed by atoms with Gasteiger partial charge in [-0.2, -0.15) is 0 Å². The Bertz CT molecular complexity index is 638. The van der Waals surface area contributed by atoms with Crippen LogP contribution in [0.15, 0.2) is 42.6 Å². The fourth-order valence-electron chi connectivity index (χ4n) is 1.99. The molecular weight excluding hydrogens is 286 g/mol. The van der Waals surface area contributed by atoms with Crippen LogP contribution < -0.4 is 10.6 Å². The number of halogens is 1. The Morgan fingerprint density at radius 3 is 2.71 bits per heavy atom. The largest absolute Gasteiger partial charge is 0.366 e. The van der Waals surface area contributed by atoms with Crippen molar-refractivity contribution in [2.75, 3.05) is 10.6 Å². The van der Waals surface area contributed by atoms with Crippen LogP contribution in [0.1, 0.15) is 18.4 Å². The Labute approximate surface area is 128 Å². The van der Waals surface area contributed by atoms with Crippen LogP contribution in [0.25, 0.3) is 0 Å². The molecule has 108 valence electrons. The molecule has 2 N–H and O–H groups in total. The Kier molecular flexibility index (Phi) is 4.06. The minimum atomic E-state index is 0.0913. The Morgan fingerprint density at radius 1 is 1.24 bits per heavy atom. The van der Waals surface area contributed by atoms with Gasteiger partial charge in [0.2, 0.25) is 5.91 Å². The number of amides is 1. The highest BCUT2D eigenvalue weighted by Crippen LogP contribution is 2.30. The number of aromatic nitrogens is 1. The van der Waals surface area contributed by atoms with Crippen molar-refractivity contribution in [1.82, 2.24) is 4.98 Å². The molecule has 1 fully saturated rings. The van der Waals surface area contributed by atoms with Crippen molar-refractivity contribution in [2.45, 2.75) is 19.4 Å². The molecule has 1 aromatic heterocycles. The summed E-state index contributed by atoms with van der Waals surface area (Å²) < 4.78 is 0. The number of hydrogen-bond acceptors (Lipinski definition) is 3. The van der Waals surface area contributed by atoms with Gasteiger partial charge < -0.3 is 10.6 Å². The molecule has 3 rings (SSSR count). The summed E-state index contributed by atoms with van der Waals surface area (Å²) in [5.74, 6) is 1.04. The third-order valence-corrected chi connectivity index (χ3v) is 3.77. The maximum Gasteiger partial charge on any atom is 0.227 e. The number of nitrogens with zero attached hydrogens (tertiary/aromatic N) is 1. The molecule has 1 heterocycles. The SMILES string of the molecule is O=C(Nc1ccc(NCc2ccccc2Cl)nc1)C1CC1. The number of anilines is 2. The number of carbonyl (C=O) groups excluding carboxylic acids is 1. The van der Waals surface area contributed by atoms with Crippen LogP contribution in [-0.2, 0) is 11.3 Å². The second-order valence-corrected chi connectivity index (χ2v) is 5.55. The van der Waals surface area contributed by atoms with E-state index in [9.17, 15) is 4.79 Å². The monoisotopic (exact) mass is 301 g/mol. The maximum atomic E-state index is 11.6. The van der Waals surface area contributed by atoms with E-state index in [2.05, 4.69) is 15.6 Å². The normalized spacial score (nSPS) is 13.8. The lowest BCUT2D eigenvalue weighted by Gasteiger charge is -2.08. The molecule has 0 atom stereocenters. The minimum Gasteiger partial charge on any atom is -0.366 e. The number of benzene rings is 1. The molecule has 0 spiro atoms. The lowest BCUT2D eigenvalue weighted by atomic mass is 10.2.